The Morgan fingerprint density at radius 1 is 0.344 bits per heavy atom. The van der Waals surface area contributed by atoms with E-state index in [0.29, 0.717) is 0 Å². The summed E-state index contributed by atoms with van der Waals surface area (Å²) >= 11 is 0. The molecule has 0 aromatic rings. The second-order valence-corrected chi connectivity index (χ2v) is 12.2. The zero-order valence-corrected chi connectivity index (χ0v) is 39.3. The van der Waals surface area contributed by atoms with E-state index in [9.17, 15) is 58.8 Å². The molecule has 0 amide bonds. The molecule has 0 saturated heterocycles. The third-order valence-electron chi connectivity index (χ3n) is 7.57. The number of ketones is 1. The number of Topliss-reactive ketones (excluding diaryl/α,β-unsaturated/α-hetero) is 1. The molecule has 0 radical (unpaired) electrons. The monoisotopic (exact) mass is 1020 g/mol. The minimum Gasteiger partial charge on any atom is -0.469 e. The Balaban J connectivity index is -0.000000107. The molecule has 0 aliphatic rings. The van der Waals surface area contributed by atoms with Gasteiger partial charge >= 0.3 is 41.8 Å². The van der Waals surface area contributed by atoms with Crippen LogP contribution in [0.1, 0.15) is 64.7 Å². The van der Waals surface area contributed by atoms with Crippen LogP contribution in [0.5, 0.6) is 0 Å². The Labute approximate surface area is 395 Å². The number of aliphatic hydroxyl groups is 12. The van der Waals surface area contributed by atoms with Crippen molar-refractivity contribution in [1.82, 2.24) is 0 Å². The second-order valence-electron chi connectivity index (χ2n) is 12.2. The smallest absolute Gasteiger partial charge is 0.308 e. The summed E-state index contributed by atoms with van der Waals surface area (Å²) in [5.74, 6) is -6.37. The van der Waals surface area contributed by atoms with Crippen LogP contribution in [0.15, 0.2) is 0 Å². The molecule has 64 heavy (non-hydrogen) atoms. The predicted molar refractivity (Wildman–Crippen MR) is 196 cm³/mol. The zero-order valence-electron chi connectivity index (χ0n) is 36.2. The molecule has 0 rings (SSSR count). The fourth-order valence-corrected chi connectivity index (χ4v) is 3.70. The van der Waals surface area contributed by atoms with Crippen LogP contribution in [-0.4, -0.2) is 217 Å². The van der Waals surface area contributed by atoms with E-state index in [1.807, 2.05) is 0 Å². The van der Waals surface area contributed by atoms with Crippen molar-refractivity contribution < 1.29 is 187 Å². The maximum Gasteiger partial charge on any atom is 0.308 e. The van der Waals surface area contributed by atoms with E-state index in [-0.39, 0.29) is 66.6 Å². The van der Waals surface area contributed by atoms with Crippen molar-refractivity contribution in [3.63, 3.8) is 0 Å². The van der Waals surface area contributed by atoms with Gasteiger partial charge < -0.3 is 105 Å². The molecular formula is C33H62O29Ti2. The Hall–Kier alpha value is -3.17. The van der Waals surface area contributed by atoms with Crippen LogP contribution in [0.25, 0.3) is 0 Å². The molecule has 0 saturated carbocycles. The Kier molecular flexibility index (Phi) is 47.6. The third-order valence-corrected chi connectivity index (χ3v) is 7.57. The second kappa shape index (κ2) is 39.0. The topological polar surface area (TPSA) is 507 Å². The molecule has 0 aliphatic carbocycles. The summed E-state index contributed by atoms with van der Waals surface area (Å²) in [6.45, 7) is 1.57. The van der Waals surface area contributed by atoms with E-state index >= 15 is 0 Å². The van der Waals surface area contributed by atoms with Crippen LogP contribution < -0.4 is 0 Å². The number of carbonyl (C=O) groups is 8. The molecule has 0 fully saturated rings. The van der Waals surface area contributed by atoms with Gasteiger partial charge in [0.25, 0.3) is 0 Å². The van der Waals surface area contributed by atoms with E-state index in [4.69, 9.17) is 40.9 Å². The molecule has 16 N–H and O–H groups in total. The Morgan fingerprint density at radius 2 is 0.469 bits per heavy atom. The molecule has 0 aliphatic heterocycles. The quantitative estimate of drug-likeness (QED) is 0.0220. The first-order valence-corrected chi connectivity index (χ1v) is 16.8. The van der Waals surface area contributed by atoms with Gasteiger partial charge in [0, 0.05) is 56.3 Å². The first-order valence-electron chi connectivity index (χ1n) is 16.8. The molecule has 0 spiro atoms. The van der Waals surface area contributed by atoms with Crippen molar-refractivity contribution in [2.24, 2.45) is 0 Å². The average molecular weight is 1020 g/mol. The largest absolute Gasteiger partial charge is 0.469 e. The molecule has 29 nitrogen and oxygen atoms in total. The normalized spacial score (nSPS) is 11.4. The van der Waals surface area contributed by atoms with Gasteiger partial charge in [-0.1, -0.05) is 6.92 Å². The van der Waals surface area contributed by atoms with E-state index in [0.717, 1.165) is 49.8 Å². The summed E-state index contributed by atoms with van der Waals surface area (Å²) < 4.78 is 29.7. The van der Waals surface area contributed by atoms with Gasteiger partial charge in [-0.15, -0.1) is 0 Å². The number of carbonyl (C=O) groups excluding carboxylic acids is 8. The summed E-state index contributed by atoms with van der Waals surface area (Å²) in [7, 11) is 7.55. The van der Waals surface area contributed by atoms with Gasteiger partial charge in [-0.2, -0.15) is 0 Å². The predicted octanol–water partition coefficient (Wildman–Crippen LogP) is -8.23. The number of aliphatic hydroxyl groups excluding tert-OH is 4. The Morgan fingerprint density at radius 3 is 0.562 bits per heavy atom. The molecule has 0 aromatic carbocycles. The van der Waals surface area contributed by atoms with Gasteiger partial charge in [-0.25, -0.2) is 0 Å². The number of esters is 7. The summed E-state index contributed by atoms with van der Waals surface area (Å²) in [6.07, 6.45) is -14.1. The molecule has 1 unspecified atom stereocenters. The van der Waals surface area contributed by atoms with Crippen LogP contribution in [0.2, 0.25) is 0 Å². The van der Waals surface area contributed by atoms with Gasteiger partial charge in [0.05, 0.1) is 94.7 Å². The maximum absolute atomic E-state index is 11.1. The fraction of sp³-hybridized carbons (Fsp3) is 0.758. The number of ether oxygens (including phenoxy) is 7. The molecule has 1 atom stereocenters. The molecule has 0 bridgehead atoms. The van der Waals surface area contributed by atoms with Crippen molar-refractivity contribution in [3.8, 4) is 0 Å². The van der Waals surface area contributed by atoms with Crippen molar-refractivity contribution in [2.45, 2.75) is 112 Å². The van der Waals surface area contributed by atoms with Crippen LogP contribution in [0.4, 0.5) is 0 Å². The van der Waals surface area contributed by atoms with Gasteiger partial charge in [0.2, 0.25) is 0 Å². The Bertz CT molecular complexity index is 1080. The van der Waals surface area contributed by atoms with Crippen LogP contribution in [0.3, 0.4) is 0 Å². The molecular weight excluding hydrogens is 956 g/mol. The summed E-state index contributed by atoms with van der Waals surface area (Å²) in [4.78, 5) is 87.0. The number of hydrogen-bond acceptors (Lipinski definition) is 27. The average Bonchev–Trinajstić information content (AvgIpc) is 3.17. The molecule has 31 heteroatoms. The van der Waals surface area contributed by atoms with E-state index < -0.39 is 141 Å². The van der Waals surface area contributed by atoms with Gasteiger partial charge in [0.1, 0.15) is 28.2 Å². The van der Waals surface area contributed by atoms with Crippen LogP contribution >= 0.6 is 0 Å². The van der Waals surface area contributed by atoms with E-state index in [1.165, 1.54) is 0 Å². The summed E-state index contributed by atoms with van der Waals surface area (Å²) in [5, 5.41) is 109. The number of hydrogen-bond donors (Lipinski definition) is 12. The molecule has 0 heterocycles. The van der Waals surface area contributed by atoms with E-state index in [1.54, 1.807) is 6.92 Å². The van der Waals surface area contributed by atoms with Crippen LogP contribution in [-0.2, 0) is 115 Å². The summed E-state index contributed by atoms with van der Waals surface area (Å²) in [5.41, 5.74) is -9.04. The van der Waals surface area contributed by atoms with Crippen LogP contribution in [0, 0.1) is 0 Å². The first kappa shape index (κ1) is 78.0. The molecule has 0 aromatic heterocycles. The van der Waals surface area contributed by atoms with Crippen molar-refractivity contribution in [3.05, 3.63) is 0 Å². The first-order chi connectivity index (χ1) is 27.4. The number of rotatable bonds is 21. The SMILES string of the molecule is CCC(=O)CC(O)(CC(=O)OC)C(O)O.COC(=O)CC(O)(CC(=O)OC)C(O)O.COC(=O)CC(O)(CC(=O)OC)C(O)O.COC(=O)CC(O)(CC(=O)OC)C(O)O.O.O.[Ti].[Ti]. The van der Waals surface area contributed by atoms with Crippen molar-refractivity contribution in [2.75, 3.05) is 49.8 Å². The zero-order chi connectivity index (χ0) is 48.2. The van der Waals surface area contributed by atoms with Gasteiger partial charge in [-0.3, -0.25) is 38.4 Å². The maximum atomic E-state index is 11.1. The van der Waals surface area contributed by atoms with Crippen molar-refractivity contribution in [1.29, 1.82) is 0 Å². The van der Waals surface area contributed by atoms with Gasteiger partial charge in [-0.05, 0) is 0 Å². The number of methoxy groups -OCH3 is 7. The molecule has 376 valence electrons. The van der Waals surface area contributed by atoms with Crippen molar-refractivity contribution >= 4 is 47.6 Å². The minimum absolute atomic E-state index is 0. The third kappa shape index (κ3) is 33.3. The minimum atomic E-state index is -2.29. The summed E-state index contributed by atoms with van der Waals surface area (Å²) in [6, 6.07) is 0. The van der Waals surface area contributed by atoms with Gasteiger partial charge in [0.15, 0.2) is 25.2 Å². The fourth-order valence-electron chi connectivity index (χ4n) is 3.70. The van der Waals surface area contributed by atoms with E-state index in [2.05, 4.69) is 33.2 Å². The standard InChI is InChI=1S/C9H16O6.3C8H14O7.2H2O.2Ti/c1-3-6(10)4-9(14,8(12)13)5-7(11)15-2;3*1-14-5(9)3-8(13,7(11)12)4-6(10)15-2;;;;/h8,12-14H,3-5H2,1-2H3;3*7,11-13H,3-4H2,1-2H3;2*1H2;;.